The smallest absolute Gasteiger partial charge is 0.422 e. The molecule has 158 valence electrons. The van der Waals surface area contributed by atoms with Gasteiger partial charge in [0.2, 0.25) is 5.88 Å². The summed E-state index contributed by atoms with van der Waals surface area (Å²) in [4.78, 5) is 24.1. The first-order valence-electron chi connectivity index (χ1n) is 7.53. The Kier molecular flexibility index (Phi) is 7.06. The Hall–Kier alpha value is -2.41. The van der Waals surface area contributed by atoms with Crippen molar-refractivity contribution in [1.29, 1.82) is 0 Å². The van der Waals surface area contributed by atoms with Gasteiger partial charge in [0, 0.05) is 15.6 Å². The molecule has 0 unspecified atom stereocenters. The number of nitrogens with zero attached hydrogens (tertiary/aromatic N) is 2. The van der Waals surface area contributed by atoms with Gasteiger partial charge in [0.05, 0.1) is 11.3 Å². The van der Waals surface area contributed by atoms with Crippen LogP contribution in [-0.4, -0.2) is 40.8 Å². The van der Waals surface area contributed by atoms with E-state index in [9.17, 15) is 31.5 Å². The van der Waals surface area contributed by atoms with E-state index in [0.29, 0.717) is 4.68 Å². The van der Waals surface area contributed by atoms with Gasteiger partial charge in [-0.05, 0) is 28.1 Å². The molecule has 2 rings (SSSR count). The van der Waals surface area contributed by atoms with Gasteiger partial charge in [-0.25, -0.2) is 8.78 Å². The van der Waals surface area contributed by atoms with Crippen LogP contribution in [0.2, 0.25) is 5.02 Å². The monoisotopic (exact) mass is 504 g/mol. The van der Waals surface area contributed by atoms with Gasteiger partial charge in [0.15, 0.2) is 6.61 Å². The lowest BCUT2D eigenvalue weighted by molar-refractivity contribution is -0.154. The molecule has 29 heavy (non-hydrogen) atoms. The third kappa shape index (κ3) is 6.29. The van der Waals surface area contributed by atoms with Crippen LogP contribution in [0.4, 0.5) is 27.6 Å². The molecule has 0 saturated carbocycles. The van der Waals surface area contributed by atoms with E-state index in [1.807, 2.05) is 0 Å². The summed E-state index contributed by atoms with van der Waals surface area (Å²) >= 11 is 8.90. The fraction of sp³-hybridized carbons (Fsp3) is 0.267. The standard InChI is InChI=1S/C15H11BrClF5N4O3/c16-8-2-6(17)1-7(13(23)27)12(8)24-14(28)9-3-11(29-5-15(20,21)22)25-26(9)4-10(18)19/h1-3,10H,4-5H2,(H2,23,27)(H,24,28). The zero-order valence-corrected chi connectivity index (χ0v) is 16.4. The SMILES string of the molecule is NC(=O)c1cc(Cl)cc(Br)c1NC(=O)c1cc(OCC(F)(F)F)nn1CC(F)F. The van der Waals surface area contributed by atoms with E-state index < -0.39 is 49.1 Å². The van der Waals surface area contributed by atoms with Crippen LogP contribution >= 0.6 is 27.5 Å². The number of ether oxygens (including phenoxy) is 1. The highest BCUT2D eigenvalue weighted by Gasteiger charge is 2.30. The van der Waals surface area contributed by atoms with Gasteiger partial charge in [0.25, 0.3) is 18.2 Å². The first-order chi connectivity index (χ1) is 13.4. The van der Waals surface area contributed by atoms with E-state index in [1.165, 1.54) is 12.1 Å². The zero-order chi connectivity index (χ0) is 21.9. The van der Waals surface area contributed by atoms with Crippen LogP contribution < -0.4 is 15.8 Å². The van der Waals surface area contributed by atoms with E-state index >= 15 is 0 Å². The zero-order valence-electron chi connectivity index (χ0n) is 14.1. The third-order valence-electron chi connectivity index (χ3n) is 3.24. The van der Waals surface area contributed by atoms with Gasteiger partial charge in [-0.3, -0.25) is 14.3 Å². The lowest BCUT2D eigenvalue weighted by Gasteiger charge is -2.12. The number of rotatable bonds is 7. The number of nitrogens with two attached hydrogens (primary N) is 1. The van der Waals surface area contributed by atoms with E-state index in [-0.39, 0.29) is 20.7 Å². The van der Waals surface area contributed by atoms with Crippen molar-refractivity contribution in [2.75, 3.05) is 11.9 Å². The van der Waals surface area contributed by atoms with Crippen LogP contribution in [-0.2, 0) is 6.54 Å². The van der Waals surface area contributed by atoms with Crippen molar-refractivity contribution in [2.45, 2.75) is 19.1 Å². The molecule has 0 fully saturated rings. The summed E-state index contributed by atoms with van der Waals surface area (Å²) in [6.07, 6.45) is -7.65. The van der Waals surface area contributed by atoms with Crippen LogP contribution in [0.3, 0.4) is 0 Å². The van der Waals surface area contributed by atoms with Gasteiger partial charge >= 0.3 is 6.18 Å². The Morgan fingerprint density at radius 1 is 1.31 bits per heavy atom. The van der Waals surface area contributed by atoms with Crippen LogP contribution in [0.5, 0.6) is 5.88 Å². The molecule has 0 spiro atoms. The van der Waals surface area contributed by atoms with Crippen molar-refractivity contribution in [3.05, 3.63) is 39.0 Å². The second kappa shape index (κ2) is 8.95. The van der Waals surface area contributed by atoms with Crippen molar-refractivity contribution in [2.24, 2.45) is 5.73 Å². The predicted molar refractivity (Wildman–Crippen MR) is 95.4 cm³/mol. The molecule has 1 aromatic heterocycles. The Bertz CT molecular complexity index is 935. The fourth-order valence-corrected chi connectivity index (χ4v) is 3.05. The molecular weight excluding hydrogens is 495 g/mol. The highest BCUT2D eigenvalue weighted by molar-refractivity contribution is 9.10. The van der Waals surface area contributed by atoms with Crippen LogP contribution in [0.1, 0.15) is 20.8 Å². The highest BCUT2D eigenvalue weighted by atomic mass is 79.9. The van der Waals surface area contributed by atoms with Gasteiger partial charge in [-0.1, -0.05) is 11.6 Å². The summed E-state index contributed by atoms with van der Waals surface area (Å²) in [5.41, 5.74) is 4.40. The average Bonchev–Trinajstić information content (AvgIpc) is 2.96. The number of amides is 2. The lowest BCUT2D eigenvalue weighted by atomic mass is 10.1. The second-order valence-electron chi connectivity index (χ2n) is 5.47. The summed E-state index contributed by atoms with van der Waals surface area (Å²) in [5, 5.41) is 5.83. The minimum Gasteiger partial charge on any atom is -0.467 e. The molecule has 0 bridgehead atoms. The first kappa shape index (κ1) is 22.9. The normalized spacial score (nSPS) is 11.6. The number of hydrogen-bond donors (Lipinski definition) is 2. The predicted octanol–water partition coefficient (Wildman–Crippen LogP) is 3.86. The van der Waals surface area contributed by atoms with Crippen molar-refractivity contribution < 1.29 is 36.3 Å². The fourth-order valence-electron chi connectivity index (χ4n) is 2.14. The summed E-state index contributed by atoms with van der Waals surface area (Å²) in [6, 6.07) is 3.26. The lowest BCUT2D eigenvalue weighted by Crippen LogP contribution is -2.22. The number of carbonyl (C=O) groups excluding carboxylic acids is 2. The van der Waals surface area contributed by atoms with Gasteiger partial charge in [-0.2, -0.15) is 13.2 Å². The quantitative estimate of drug-likeness (QED) is 0.558. The number of alkyl halides is 5. The molecule has 0 aliphatic carbocycles. The Labute approximate surface area is 173 Å². The van der Waals surface area contributed by atoms with Gasteiger partial charge in [0.1, 0.15) is 12.2 Å². The number of halogens is 7. The maximum Gasteiger partial charge on any atom is 0.422 e. The Balaban J connectivity index is 2.37. The molecule has 0 atom stereocenters. The number of benzene rings is 1. The summed E-state index contributed by atoms with van der Waals surface area (Å²) in [6.45, 7) is -2.81. The van der Waals surface area contributed by atoms with Crippen molar-refractivity contribution in [3.63, 3.8) is 0 Å². The van der Waals surface area contributed by atoms with Crippen LogP contribution in [0, 0.1) is 0 Å². The first-order valence-corrected chi connectivity index (χ1v) is 8.70. The highest BCUT2D eigenvalue weighted by Crippen LogP contribution is 2.31. The summed E-state index contributed by atoms with van der Waals surface area (Å²) in [7, 11) is 0. The van der Waals surface area contributed by atoms with Crippen molar-refractivity contribution >= 4 is 45.0 Å². The Morgan fingerprint density at radius 2 is 1.97 bits per heavy atom. The molecule has 0 radical (unpaired) electrons. The maximum atomic E-state index is 12.8. The second-order valence-corrected chi connectivity index (χ2v) is 6.76. The molecule has 2 amide bonds. The van der Waals surface area contributed by atoms with Gasteiger partial charge in [-0.15, -0.1) is 5.10 Å². The number of carbonyl (C=O) groups is 2. The number of anilines is 1. The molecule has 0 aliphatic heterocycles. The van der Waals surface area contributed by atoms with E-state index in [4.69, 9.17) is 17.3 Å². The summed E-state index contributed by atoms with van der Waals surface area (Å²) in [5.74, 6) is -2.68. The third-order valence-corrected chi connectivity index (χ3v) is 4.09. The molecule has 0 saturated heterocycles. The minimum atomic E-state index is -4.69. The minimum absolute atomic E-state index is 0.116. The van der Waals surface area contributed by atoms with Gasteiger partial charge < -0.3 is 15.8 Å². The molecule has 1 heterocycles. The number of nitrogens with one attached hydrogen (secondary N) is 1. The largest absolute Gasteiger partial charge is 0.467 e. The average molecular weight is 506 g/mol. The molecule has 0 aliphatic rings. The number of aromatic nitrogens is 2. The topological polar surface area (TPSA) is 99.2 Å². The Morgan fingerprint density at radius 3 is 2.52 bits per heavy atom. The molecule has 2 aromatic rings. The number of hydrogen-bond acceptors (Lipinski definition) is 4. The van der Waals surface area contributed by atoms with E-state index in [2.05, 4.69) is 31.1 Å². The molecular formula is C15H11BrClF5N4O3. The van der Waals surface area contributed by atoms with E-state index in [0.717, 1.165) is 6.07 Å². The van der Waals surface area contributed by atoms with Crippen LogP contribution in [0.15, 0.2) is 22.7 Å². The van der Waals surface area contributed by atoms with Crippen molar-refractivity contribution in [1.82, 2.24) is 9.78 Å². The van der Waals surface area contributed by atoms with E-state index in [1.54, 1.807) is 0 Å². The maximum absolute atomic E-state index is 12.8. The summed E-state index contributed by atoms with van der Waals surface area (Å²) < 4.78 is 67.4. The molecule has 1 aromatic carbocycles. The molecule has 7 nitrogen and oxygen atoms in total. The van der Waals surface area contributed by atoms with Crippen molar-refractivity contribution in [3.8, 4) is 5.88 Å². The van der Waals surface area contributed by atoms with Crippen LogP contribution in [0.25, 0.3) is 0 Å². The molecule has 14 heteroatoms. The molecule has 3 N–H and O–H groups in total. The number of primary amides is 1.